The topological polar surface area (TPSA) is 73.8 Å². The molecule has 4 heterocycles. The maximum absolute atomic E-state index is 6.64. The van der Waals surface area contributed by atoms with Gasteiger partial charge < -0.3 is 37.9 Å². The highest BCUT2D eigenvalue weighted by molar-refractivity contribution is 7.20. The Labute approximate surface area is 635 Å². The van der Waals surface area contributed by atoms with Crippen LogP contribution in [0.25, 0.3) is 116 Å². The molecule has 546 valence electrons. The van der Waals surface area contributed by atoms with Crippen LogP contribution in [0, 0.1) is 23.7 Å². The maximum Gasteiger partial charge on any atom is 0.123 e. The van der Waals surface area contributed by atoms with E-state index in [9.17, 15) is 0 Å². The molecule has 8 nitrogen and oxygen atoms in total. The highest BCUT2D eigenvalue weighted by Gasteiger charge is 2.26. The Morgan fingerprint density at radius 3 is 0.663 bits per heavy atom. The van der Waals surface area contributed by atoms with Gasteiger partial charge in [-0.2, -0.15) is 0 Å². The first-order chi connectivity index (χ1) is 50.9. The molecule has 4 atom stereocenters. The lowest BCUT2D eigenvalue weighted by Gasteiger charge is -2.20. The summed E-state index contributed by atoms with van der Waals surface area (Å²) in [5.74, 6) is 8.44. The van der Waals surface area contributed by atoms with E-state index in [0.717, 1.165) is 139 Å². The Bertz CT molecular complexity index is 4170. The summed E-state index contributed by atoms with van der Waals surface area (Å²) >= 11 is 7.27. The highest BCUT2D eigenvalue weighted by Crippen LogP contribution is 2.54. The molecule has 0 aliphatic heterocycles. The van der Waals surface area contributed by atoms with Crippen molar-refractivity contribution < 1.29 is 37.9 Å². The molecule has 0 N–H and O–H groups in total. The Morgan fingerprint density at radius 2 is 0.462 bits per heavy atom. The summed E-state index contributed by atoms with van der Waals surface area (Å²) < 4.78 is 50.6. The van der Waals surface area contributed by atoms with Crippen LogP contribution >= 0.6 is 45.3 Å². The Kier molecular flexibility index (Phi) is 26.4. The molecule has 0 bridgehead atoms. The second-order valence-corrected chi connectivity index (χ2v) is 32.5. The number of hydrogen-bond donors (Lipinski definition) is 0. The summed E-state index contributed by atoms with van der Waals surface area (Å²) in [5.41, 5.74) is 9.01. The molecule has 12 heteroatoms. The van der Waals surface area contributed by atoms with Crippen LogP contribution < -0.4 is 37.9 Å². The van der Waals surface area contributed by atoms with E-state index >= 15 is 0 Å². The van der Waals surface area contributed by atoms with Gasteiger partial charge in [0.1, 0.15) is 46.0 Å². The number of hydrogen-bond acceptors (Lipinski definition) is 12. The first kappa shape index (κ1) is 75.7. The van der Waals surface area contributed by atoms with Crippen LogP contribution in [0.5, 0.6) is 46.0 Å². The average Bonchev–Trinajstić information content (AvgIpc) is 1.03. The van der Waals surface area contributed by atoms with Crippen molar-refractivity contribution in [3.63, 3.8) is 0 Å². The standard InChI is InChI=1S/C92H106O8S4/c1-13-21-25-59(17-5)55-97-71-45-63(41-67(49-71)93-9)83-33-37-87(101-83)79-53-80(88-38-34-84(102-88)64-42-68(94-10)50-72(46-64)98-56-60(18-6)26-22-14-2)76-31-32-78-82(90-40-36-86(104-90)66-44-70(96-12)52-74(48-66)100-58-62(20-8)28-24-16-4)54-81(77-30-29-75(79)91(76)92(77)78)89-39-35-85(103-89)65-43-69(95-11)51-73(47-65)99-57-61(19-7)27-23-15-3/h29-54,59-62H,13-28,55-58H2,1-12H3. The Hall–Kier alpha value is -8.00. The quantitative estimate of drug-likeness (QED) is 0.0352. The molecule has 0 saturated carbocycles. The molecule has 0 amide bonds. The molecule has 0 saturated heterocycles. The van der Waals surface area contributed by atoms with Crippen LogP contribution in [0.15, 0.2) is 158 Å². The van der Waals surface area contributed by atoms with E-state index < -0.39 is 0 Å². The van der Waals surface area contributed by atoms with Crippen LogP contribution in [-0.2, 0) is 0 Å². The molecule has 0 aliphatic carbocycles. The SMILES string of the molecule is CCCCC(CC)COc1cc(OC)cc(-c2ccc(-c3cc(-c4ccc(-c5cc(OC)cc(OCC(CC)CCCC)c5)s4)c4ccc5c(-c6ccc(-c7cc(OC)cc(OCC(CC)CCCC)c7)s6)cc(-c6ccc(-c7cc(OC)cc(OCC(CC)CCCC)c7)s6)c6ccc3c4c65)s2)c1. The summed E-state index contributed by atoms with van der Waals surface area (Å²) in [6.45, 7) is 20.9. The molecule has 4 aromatic heterocycles. The number of ether oxygens (including phenoxy) is 8. The predicted molar refractivity (Wildman–Crippen MR) is 447 cm³/mol. The fourth-order valence-corrected chi connectivity index (χ4v) is 18.6. The van der Waals surface area contributed by atoms with Gasteiger partial charge in [0, 0.05) is 85.5 Å². The monoisotopic (exact) mass is 1470 g/mol. The van der Waals surface area contributed by atoms with Crippen molar-refractivity contribution >= 4 is 77.7 Å². The lowest BCUT2D eigenvalue weighted by molar-refractivity contribution is 0.232. The van der Waals surface area contributed by atoms with E-state index in [1.54, 1.807) is 28.4 Å². The third kappa shape index (κ3) is 17.8. The fourth-order valence-electron chi connectivity index (χ4n) is 14.5. The number of unbranched alkanes of at least 4 members (excludes halogenated alkanes) is 4. The van der Waals surface area contributed by atoms with Crippen molar-refractivity contribution in [2.24, 2.45) is 23.7 Å². The zero-order valence-electron chi connectivity index (χ0n) is 63.4. The smallest absolute Gasteiger partial charge is 0.123 e. The van der Waals surface area contributed by atoms with Gasteiger partial charge in [-0.15, -0.1) is 45.3 Å². The largest absolute Gasteiger partial charge is 0.497 e. The van der Waals surface area contributed by atoms with Crippen LogP contribution in [0.1, 0.15) is 158 Å². The molecule has 0 radical (unpaired) electrons. The van der Waals surface area contributed by atoms with Crippen molar-refractivity contribution in [3.05, 3.63) is 158 Å². The second kappa shape index (κ2) is 36.3. The van der Waals surface area contributed by atoms with Gasteiger partial charge >= 0.3 is 0 Å². The van der Waals surface area contributed by atoms with Gasteiger partial charge in [-0.05, 0) is 213 Å². The van der Waals surface area contributed by atoms with E-state index in [1.165, 1.54) is 125 Å². The molecule has 104 heavy (non-hydrogen) atoms. The molecule has 0 aliphatic rings. The van der Waals surface area contributed by atoms with E-state index in [2.05, 4.69) is 189 Å². The van der Waals surface area contributed by atoms with Gasteiger partial charge in [-0.3, -0.25) is 0 Å². The fraction of sp³-hybridized carbons (Fsp3) is 0.391. The molecule has 8 aromatic carbocycles. The summed E-state index contributed by atoms with van der Waals surface area (Å²) in [6, 6.07) is 58.4. The minimum Gasteiger partial charge on any atom is -0.497 e. The van der Waals surface area contributed by atoms with Crippen LogP contribution in [-0.4, -0.2) is 54.9 Å². The van der Waals surface area contributed by atoms with Gasteiger partial charge in [-0.1, -0.05) is 157 Å². The summed E-state index contributed by atoms with van der Waals surface area (Å²) in [7, 11) is 6.99. The first-order valence-electron chi connectivity index (χ1n) is 38.4. The first-order valence-corrected chi connectivity index (χ1v) is 41.7. The number of benzene rings is 8. The van der Waals surface area contributed by atoms with Crippen LogP contribution in [0.2, 0.25) is 0 Å². The van der Waals surface area contributed by atoms with Gasteiger partial charge in [-0.25, -0.2) is 0 Å². The second-order valence-electron chi connectivity index (χ2n) is 28.2. The van der Waals surface area contributed by atoms with Gasteiger partial charge in [0.05, 0.1) is 54.9 Å². The van der Waals surface area contributed by atoms with Crippen molar-refractivity contribution in [1.29, 1.82) is 0 Å². The minimum atomic E-state index is 0.498. The van der Waals surface area contributed by atoms with Crippen molar-refractivity contribution in [2.75, 3.05) is 54.9 Å². The zero-order chi connectivity index (χ0) is 72.6. The molecule has 12 aromatic rings. The van der Waals surface area contributed by atoms with Gasteiger partial charge in [0.2, 0.25) is 0 Å². The van der Waals surface area contributed by atoms with E-state index in [1.807, 2.05) is 69.6 Å². The van der Waals surface area contributed by atoms with Gasteiger partial charge in [0.15, 0.2) is 0 Å². The summed E-state index contributed by atoms with van der Waals surface area (Å²) in [5, 5.41) is 7.29. The lowest BCUT2D eigenvalue weighted by atomic mass is 9.85. The van der Waals surface area contributed by atoms with Gasteiger partial charge in [0.25, 0.3) is 0 Å². The summed E-state index contributed by atoms with van der Waals surface area (Å²) in [4.78, 5) is 9.29. The van der Waals surface area contributed by atoms with E-state index in [-0.39, 0.29) is 0 Å². The zero-order valence-corrected chi connectivity index (χ0v) is 66.6. The Balaban J connectivity index is 1.04. The van der Waals surface area contributed by atoms with Crippen LogP contribution in [0.3, 0.4) is 0 Å². The molecule has 0 spiro atoms. The predicted octanol–water partition coefficient (Wildman–Crippen LogP) is 28.6. The number of rotatable bonds is 40. The number of methoxy groups -OCH3 is 4. The van der Waals surface area contributed by atoms with Crippen molar-refractivity contribution in [3.8, 4) is 130 Å². The Morgan fingerprint density at radius 1 is 0.250 bits per heavy atom. The molecule has 4 unspecified atom stereocenters. The summed E-state index contributed by atoms with van der Waals surface area (Å²) in [6.07, 6.45) is 18.5. The third-order valence-electron chi connectivity index (χ3n) is 21.1. The van der Waals surface area contributed by atoms with E-state index in [0.29, 0.717) is 50.1 Å². The lowest BCUT2D eigenvalue weighted by Crippen LogP contribution is -2.11. The minimum absolute atomic E-state index is 0.498. The maximum atomic E-state index is 6.64. The molecular formula is C92H106O8S4. The van der Waals surface area contributed by atoms with Crippen molar-refractivity contribution in [1.82, 2.24) is 0 Å². The molecule has 12 rings (SSSR count). The van der Waals surface area contributed by atoms with Crippen LogP contribution in [0.4, 0.5) is 0 Å². The van der Waals surface area contributed by atoms with E-state index in [4.69, 9.17) is 37.9 Å². The normalized spacial score (nSPS) is 12.8. The molecule has 0 fully saturated rings. The number of thiophene rings is 4. The average molecular weight is 1470 g/mol. The third-order valence-corrected chi connectivity index (χ3v) is 25.8. The molecular weight excluding hydrogens is 1360 g/mol. The van der Waals surface area contributed by atoms with Crippen molar-refractivity contribution in [2.45, 2.75) is 158 Å². The highest BCUT2D eigenvalue weighted by atomic mass is 32.1.